The van der Waals surface area contributed by atoms with Crippen molar-refractivity contribution in [3.63, 3.8) is 0 Å². The Hall–Kier alpha value is -0.910. The van der Waals surface area contributed by atoms with Crippen molar-refractivity contribution in [2.45, 2.75) is 45.6 Å². The molecule has 0 spiro atoms. The molecule has 1 saturated heterocycles. The molecule has 2 heterocycles. The average Bonchev–Trinajstić information content (AvgIpc) is 3.12. The first-order valence-corrected chi connectivity index (χ1v) is 9.92. The quantitative estimate of drug-likeness (QED) is 0.728. The summed E-state index contributed by atoms with van der Waals surface area (Å²) in [6, 6.07) is 2.47. The summed E-state index contributed by atoms with van der Waals surface area (Å²) in [6.45, 7) is 9.29. The first kappa shape index (κ1) is 18.4. The fourth-order valence-corrected chi connectivity index (χ4v) is 4.10. The Balaban J connectivity index is 1.79. The van der Waals surface area contributed by atoms with E-state index in [-0.39, 0.29) is 5.91 Å². The van der Waals surface area contributed by atoms with Crippen molar-refractivity contribution in [1.29, 1.82) is 0 Å². The molecule has 0 radical (unpaired) electrons. The lowest BCUT2D eigenvalue weighted by Crippen LogP contribution is -2.38. The molecule has 2 rings (SSSR count). The van der Waals surface area contributed by atoms with Crippen molar-refractivity contribution in [3.8, 4) is 0 Å². The van der Waals surface area contributed by atoms with Gasteiger partial charge in [-0.15, -0.1) is 0 Å². The van der Waals surface area contributed by atoms with Gasteiger partial charge in [-0.1, -0.05) is 13.8 Å². The highest BCUT2D eigenvalue weighted by atomic mass is 32.1. The summed E-state index contributed by atoms with van der Waals surface area (Å²) in [5.74, 6) is 0.924. The number of carbonyl (C=O) groups excluding carboxylic acids is 1. The van der Waals surface area contributed by atoms with E-state index >= 15 is 0 Å². The van der Waals surface area contributed by atoms with E-state index in [0.717, 1.165) is 38.5 Å². The third kappa shape index (κ3) is 5.90. The summed E-state index contributed by atoms with van der Waals surface area (Å²) in [5, 5.41) is 10.9. The first-order chi connectivity index (χ1) is 11.2. The van der Waals surface area contributed by atoms with Gasteiger partial charge in [0.2, 0.25) is 5.91 Å². The fourth-order valence-electron chi connectivity index (χ4n) is 3.39. The van der Waals surface area contributed by atoms with Crippen LogP contribution in [0.4, 0.5) is 0 Å². The second-order valence-corrected chi connectivity index (χ2v) is 7.11. The van der Waals surface area contributed by atoms with Crippen LogP contribution < -0.4 is 10.6 Å². The van der Waals surface area contributed by atoms with Crippen molar-refractivity contribution in [3.05, 3.63) is 22.4 Å². The molecular weight excluding hydrogens is 306 g/mol. The Bertz CT molecular complexity index is 439. The van der Waals surface area contributed by atoms with Crippen LogP contribution in [0.5, 0.6) is 0 Å². The van der Waals surface area contributed by atoms with E-state index in [4.69, 9.17) is 0 Å². The van der Waals surface area contributed by atoms with Crippen molar-refractivity contribution in [2.24, 2.45) is 5.92 Å². The van der Waals surface area contributed by atoms with Gasteiger partial charge in [-0.25, -0.2) is 0 Å². The summed E-state index contributed by atoms with van der Waals surface area (Å²) in [4.78, 5) is 14.6. The van der Waals surface area contributed by atoms with Crippen molar-refractivity contribution in [2.75, 3.05) is 32.7 Å². The zero-order valence-corrected chi connectivity index (χ0v) is 15.3. The van der Waals surface area contributed by atoms with Crippen molar-refractivity contribution >= 4 is 17.2 Å². The van der Waals surface area contributed by atoms with Gasteiger partial charge < -0.3 is 10.6 Å². The normalized spacial score (nSPS) is 17.3. The molecule has 1 aliphatic rings. The first-order valence-electron chi connectivity index (χ1n) is 8.98. The molecule has 1 atom stereocenters. The smallest absolute Gasteiger partial charge is 0.220 e. The monoisotopic (exact) mass is 337 g/mol. The van der Waals surface area contributed by atoms with Crippen molar-refractivity contribution in [1.82, 2.24) is 15.5 Å². The number of likely N-dealkylation sites (N-methyl/N-ethyl adjacent to an activating group) is 1. The van der Waals surface area contributed by atoms with Gasteiger partial charge in [0.25, 0.3) is 0 Å². The predicted molar refractivity (Wildman–Crippen MR) is 97.8 cm³/mol. The summed E-state index contributed by atoms with van der Waals surface area (Å²) < 4.78 is 0. The molecule has 2 N–H and O–H groups in total. The van der Waals surface area contributed by atoms with E-state index in [2.05, 4.69) is 46.2 Å². The number of rotatable bonds is 9. The predicted octanol–water partition coefficient (Wildman–Crippen LogP) is 3.03. The van der Waals surface area contributed by atoms with Gasteiger partial charge in [-0.3, -0.25) is 9.69 Å². The number of piperidine rings is 1. The average molecular weight is 338 g/mol. The summed E-state index contributed by atoms with van der Waals surface area (Å²) in [5.41, 5.74) is 1.32. The van der Waals surface area contributed by atoms with E-state index in [1.807, 2.05) is 0 Å². The molecule has 1 aromatic rings. The van der Waals surface area contributed by atoms with Gasteiger partial charge in [-0.05, 0) is 73.7 Å². The highest BCUT2D eigenvalue weighted by Crippen LogP contribution is 2.22. The molecule has 0 bridgehead atoms. The lowest BCUT2D eigenvalue weighted by Gasteiger charge is -2.29. The molecule has 0 aromatic carbocycles. The molecule has 5 heteroatoms. The third-order valence-corrected chi connectivity index (χ3v) is 5.61. The number of amides is 1. The minimum Gasteiger partial charge on any atom is -0.354 e. The molecular formula is C18H31N3OS. The van der Waals surface area contributed by atoms with Gasteiger partial charge in [0.1, 0.15) is 0 Å². The molecule has 1 amide bonds. The maximum absolute atomic E-state index is 12.2. The topological polar surface area (TPSA) is 44.4 Å². The van der Waals surface area contributed by atoms with Crippen LogP contribution in [-0.4, -0.2) is 43.5 Å². The van der Waals surface area contributed by atoms with E-state index in [1.54, 1.807) is 11.3 Å². The number of nitrogens with one attached hydrogen (secondary N) is 2. The summed E-state index contributed by atoms with van der Waals surface area (Å²) >= 11 is 1.72. The van der Waals surface area contributed by atoms with Crippen LogP contribution in [0, 0.1) is 5.92 Å². The third-order valence-electron chi connectivity index (χ3n) is 4.91. The highest BCUT2D eigenvalue weighted by molar-refractivity contribution is 7.07. The largest absolute Gasteiger partial charge is 0.354 e. The number of hydrogen-bond donors (Lipinski definition) is 2. The highest BCUT2D eigenvalue weighted by Gasteiger charge is 2.20. The molecule has 1 unspecified atom stereocenters. The number of nitrogens with zero attached hydrogens (tertiary/aromatic N) is 1. The van der Waals surface area contributed by atoms with Gasteiger partial charge in [0.05, 0.1) is 6.04 Å². The number of hydrogen-bond acceptors (Lipinski definition) is 4. The maximum Gasteiger partial charge on any atom is 0.220 e. The van der Waals surface area contributed by atoms with Gasteiger partial charge in [0, 0.05) is 13.0 Å². The molecule has 1 aromatic heterocycles. The van der Waals surface area contributed by atoms with Crippen molar-refractivity contribution < 1.29 is 4.79 Å². The Labute approximate surface area is 144 Å². The maximum atomic E-state index is 12.2. The van der Waals surface area contributed by atoms with Crippen LogP contribution >= 0.6 is 11.3 Å². The van der Waals surface area contributed by atoms with Crippen LogP contribution in [0.3, 0.4) is 0 Å². The molecule has 0 aliphatic carbocycles. The summed E-state index contributed by atoms with van der Waals surface area (Å²) in [7, 11) is 0. The minimum absolute atomic E-state index is 0.205. The molecule has 23 heavy (non-hydrogen) atoms. The molecule has 4 nitrogen and oxygen atoms in total. The second-order valence-electron chi connectivity index (χ2n) is 6.33. The number of carbonyl (C=O) groups is 1. The van der Waals surface area contributed by atoms with E-state index in [1.165, 1.54) is 18.4 Å². The Morgan fingerprint density at radius 2 is 2.13 bits per heavy atom. The Morgan fingerprint density at radius 1 is 1.39 bits per heavy atom. The molecule has 1 fully saturated rings. The van der Waals surface area contributed by atoms with Gasteiger partial charge >= 0.3 is 0 Å². The van der Waals surface area contributed by atoms with E-state index in [9.17, 15) is 4.79 Å². The zero-order chi connectivity index (χ0) is 16.5. The Morgan fingerprint density at radius 3 is 2.74 bits per heavy atom. The molecule has 0 saturated carbocycles. The Kier molecular flexibility index (Phi) is 8.06. The van der Waals surface area contributed by atoms with Crippen LogP contribution in [0.2, 0.25) is 0 Å². The SMILES string of the molecule is CCN(CC)C(CNC(=O)CCC1CCNCC1)c1ccsc1. The van der Waals surface area contributed by atoms with Crippen LogP contribution in [0.25, 0.3) is 0 Å². The second kappa shape index (κ2) is 10.1. The molecule has 1 aliphatic heterocycles. The van der Waals surface area contributed by atoms with Crippen LogP contribution in [-0.2, 0) is 4.79 Å². The van der Waals surface area contributed by atoms with Crippen LogP contribution in [0.1, 0.15) is 51.1 Å². The lowest BCUT2D eigenvalue weighted by molar-refractivity contribution is -0.121. The zero-order valence-electron chi connectivity index (χ0n) is 14.5. The fraction of sp³-hybridized carbons (Fsp3) is 0.722. The minimum atomic E-state index is 0.205. The van der Waals surface area contributed by atoms with Crippen LogP contribution in [0.15, 0.2) is 16.8 Å². The van der Waals surface area contributed by atoms with E-state index < -0.39 is 0 Å². The summed E-state index contributed by atoms with van der Waals surface area (Å²) in [6.07, 6.45) is 4.12. The van der Waals surface area contributed by atoms with Gasteiger partial charge in [0.15, 0.2) is 0 Å². The molecule has 130 valence electrons. The standard InChI is InChI=1S/C18H31N3OS/c1-3-21(4-2)17(16-9-12-23-14-16)13-20-18(22)6-5-15-7-10-19-11-8-15/h9,12,14-15,17,19H,3-8,10-11,13H2,1-2H3,(H,20,22). The van der Waals surface area contributed by atoms with E-state index in [0.29, 0.717) is 19.0 Å². The van der Waals surface area contributed by atoms with Gasteiger partial charge in [-0.2, -0.15) is 11.3 Å². The lowest BCUT2D eigenvalue weighted by atomic mass is 9.93. The number of thiophene rings is 1.